The molecule has 1 heterocycles. The van der Waals surface area contributed by atoms with E-state index in [1.807, 2.05) is 6.07 Å². The van der Waals surface area contributed by atoms with E-state index in [0.717, 1.165) is 10.4 Å². The van der Waals surface area contributed by atoms with E-state index in [2.05, 4.69) is 0 Å². The summed E-state index contributed by atoms with van der Waals surface area (Å²) in [6, 6.07) is 10.5. The molecule has 0 radical (unpaired) electrons. The number of nitriles is 1. The third kappa shape index (κ3) is 6.80. The largest absolute Gasteiger partial charge is 0.416 e. The number of halogens is 7. The van der Waals surface area contributed by atoms with Crippen LogP contribution >= 0.6 is 11.6 Å². The summed E-state index contributed by atoms with van der Waals surface area (Å²) in [5.74, 6) is -1.11. The highest BCUT2D eigenvalue weighted by molar-refractivity contribution is 7.89. The normalized spacial score (nSPS) is 17.4. The smallest absolute Gasteiger partial charge is 0.363 e. The van der Waals surface area contributed by atoms with E-state index in [0.29, 0.717) is 5.69 Å². The van der Waals surface area contributed by atoms with Gasteiger partial charge in [0.1, 0.15) is 6.07 Å². The molecular weight excluding hydrogens is 520 g/mol. The van der Waals surface area contributed by atoms with Crippen molar-refractivity contribution in [2.75, 3.05) is 23.7 Å². The average Bonchev–Trinajstić information content (AvgIpc) is 3.26. The lowest BCUT2D eigenvalue weighted by Gasteiger charge is -2.32. The molecule has 5 nitrogen and oxygen atoms in total. The molecule has 35 heavy (non-hydrogen) atoms. The highest BCUT2D eigenvalue weighted by Gasteiger charge is 2.39. The van der Waals surface area contributed by atoms with Gasteiger partial charge in [-0.15, -0.1) is 0 Å². The molecule has 1 aliphatic rings. The van der Waals surface area contributed by atoms with Crippen LogP contribution in [-0.4, -0.2) is 43.8 Å². The second-order valence-corrected chi connectivity index (χ2v) is 10.5. The van der Waals surface area contributed by atoms with Gasteiger partial charge in [0.15, 0.2) is 0 Å². The Morgan fingerprint density at radius 2 is 1.80 bits per heavy atom. The Balaban J connectivity index is 1.94. The summed E-state index contributed by atoms with van der Waals surface area (Å²) in [6.45, 7) is -0.544. The first kappa shape index (κ1) is 27.1. The molecule has 190 valence electrons. The number of anilines is 1. The lowest BCUT2D eigenvalue weighted by molar-refractivity contribution is -0.138. The molecule has 2 aromatic carbocycles. The van der Waals surface area contributed by atoms with Gasteiger partial charge in [-0.2, -0.15) is 35.9 Å². The maximum atomic E-state index is 13.6. The van der Waals surface area contributed by atoms with Crippen LogP contribution in [-0.2, 0) is 22.7 Å². The number of sulfonamides is 1. The van der Waals surface area contributed by atoms with Crippen molar-refractivity contribution in [1.29, 1.82) is 5.26 Å². The zero-order chi connectivity index (χ0) is 26.0. The highest BCUT2D eigenvalue weighted by Crippen LogP contribution is 2.35. The van der Waals surface area contributed by atoms with Gasteiger partial charge in [0.2, 0.25) is 10.0 Å². The summed E-state index contributed by atoms with van der Waals surface area (Å²) in [6.07, 6.45) is -10.6. The maximum Gasteiger partial charge on any atom is 0.416 e. The fraction of sp³-hybridized carbons (Fsp3) is 0.409. The van der Waals surface area contributed by atoms with Crippen LogP contribution in [0.2, 0.25) is 5.02 Å². The quantitative estimate of drug-likeness (QED) is 0.430. The first-order valence-corrected chi connectivity index (χ1v) is 12.4. The van der Waals surface area contributed by atoms with Gasteiger partial charge in [-0.05, 0) is 36.2 Å². The zero-order valence-corrected chi connectivity index (χ0v) is 19.6. The summed E-state index contributed by atoms with van der Waals surface area (Å²) in [5.41, 5.74) is -0.435. The third-order valence-electron chi connectivity index (χ3n) is 5.67. The van der Waals surface area contributed by atoms with Crippen molar-refractivity contribution in [3.05, 3.63) is 64.2 Å². The molecular formula is C22H20ClF6N3O2S. The molecule has 1 atom stereocenters. The summed E-state index contributed by atoms with van der Waals surface area (Å²) >= 11 is 6.13. The topological polar surface area (TPSA) is 64.4 Å². The van der Waals surface area contributed by atoms with Gasteiger partial charge in [0, 0.05) is 31.4 Å². The summed E-state index contributed by atoms with van der Waals surface area (Å²) in [7, 11) is -4.23. The minimum Gasteiger partial charge on any atom is -0.363 e. The number of hydrogen-bond acceptors (Lipinski definition) is 4. The first-order valence-electron chi connectivity index (χ1n) is 10.4. The van der Waals surface area contributed by atoms with E-state index in [1.54, 1.807) is 0 Å². The van der Waals surface area contributed by atoms with E-state index in [9.17, 15) is 34.8 Å². The lowest BCUT2D eigenvalue weighted by atomic mass is 10.0. The Bertz CT molecular complexity index is 1210. The van der Waals surface area contributed by atoms with Crippen LogP contribution in [0.4, 0.5) is 32.0 Å². The van der Waals surface area contributed by atoms with Crippen molar-refractivity contribution >= 4 is 27.3 Å². The molecule has 0 amide bonds. The van der Waals surface area contributed by atoms with Crippen LogP contribution in [0.1, 0.15) is 29.5 Å². The van der Waals surface area contributed by atoms with Crippen LogP contribution in [0, 0.1) is 11.3 Å². The number of nitrogens with zero attached hydrogens (tertiary/aromatic N) is 3. The second kappa shape index (κ2) is 10.2. The Hall–Kier alpha value is -2.49. The molecule has 2 aromatic rings. The molecule has 0 N–H and O–H groups in total. The fourth-order valence-electron chi connectivity index (χ4n) is 3.91. The monoisotopic (exact) mass is 539 g/mol. The van der Waals surface area contributed by atoms with E-state index < -0.39 is 46.2 Å². The van der Waals surface area contributed by atoms with Crippen molar-refractivity contribution in [2.45, 2.75) is 37.8 Å². The van der Waals surface area contributed by atoms with Gasteiger partial charge in [-0.1, -0.05) is 29.8 Å². The minimum atomic E-state index is -4.64. The van der Waals surface area contributed by atoms with Gasteiger partial charge in [-0.25, -0.2) is 8.42 Å². The lowest BCUT2D eigenvalue weighted by Crippen LogP contribution is -2.40. The van der Waals surface area contributed by atoms with Crippen LogP contribution in [0.3, 0.4) is 0 Å². The summed E-state index contributed by atoms with van der Waals surface area (Å²) < 4.78 is 104. The Kier molecular flexibility index (Phi) is 7.93. The van der Waals surface area contributed by atoms with E-state index in [1.165, 1.54) is 41.3 Å². The molecule has 0 spiro atoms. The predicted molar refractivity (Wildman–Crippen MR) is 118 cm³/mol. The standard InChI is InChI=1S/C22H20ClF6N3O2S/c23-20-11-17(6-5-15(20)12-30)32(13-16-3-1-2-4-19(16)22(27,28)29)18-7-9-31(14-18)35(33,34)10-8-21(24,25)26/h1-6,11,18H,7-10,13-14H2/t18-/m0/s1. The second-order valence-electron chi connectivity index (χ2n) is 8.04. The molecule has 1 saturated heterocycles. The van der Waals surface area contributed by atoms with Crippen molar-refractivity contribution in [2.24, 2.45) is 0 Å². The van der Waals surface area contributed by atoms with Gasteiger partial charge in [-0.3, -0.25) is 0 Å². The van der Waals surface area contributed by atoms with Crippen molar-refractivity contribution in [3.8, 4) is 6.07 Å². The molecule has 13 heteroatoms. The minimum absolute atomic E-state index is 0.0618. The summed E-state index contributed by atoms with van der Waals surface area (Å²) in [5, 5.41) is 9.19. The highest BCUT2D eigenvalue weighted by atomic mass is 35.5. The van der Waals surface area contributed by atoms with Crippen molar-refractivity contribution < 1.29 is 34.8 Å². The predicted octanol–water partition coefficient (Wildman–Crippen LogP) is 5.59. The van der Waals surface area contributed by atoms with Gasteiger partial charge in [0.25, 0.3) is 0 Å². The SMILES string of the molecule is N#Cc1ccc(N(Cc2ccccc2C(F)(F)F)[C@H]2CCN(S(=O)(=O)CCC(F)(F)F)C2)cc1Cl. The van der Waals surface area contributed by atoms with E-state index in [-0.39, 0.29) is 42.2 Å². The van der Waals surface area contributed by atoms with Crippen LogP contribution in [0.5, 0.6) is 0 Å². The number of rotatable bonds is 7. The Morgan fingerprint density at radius 3 is 2.40 bits per heavy atom. The molecule has 1 fully saturated rings. The molecule has 3 rings (SSSR count). The van der Waals surface area contributed by atoms with Gasteiger partial charge >= 0.3 is 12.4 Å². The molecule has 0 unspecified atom stereocenters. The van der Waals surface area contributed by atoms with Gasteiger partial charge in [0.05, 0.1) is 28.3 Å². The van der Waals surface area contributed by atoms with Crippen molar-refractivity contribution in [3.63, 3.8) is 0 Å². The Labute approximate surface area is 203 Å². The molecule has 0 aromatic heterocycles. The van der Waals surface area contributed by atoms with Gasteiger partial charge < -0.3 is 4.90 Å². The van der Waals surface area contributed by atoms with E-state index in [4.69, 9.17) is 16.9 Å². The number of hydrogen-bond donors (Lipinski definition) is 0. The molecule has 0 aliphatic carbocycles. The molecule has 1 aliphatic heterocycles. The molecule has 0 bridgehead atoms. The van der Waals surface area contributed by atoms with Crippen LogP contribution in [0.15, 0.2) is 42.5 Å². The third-order valence-corrected chi connectivity index (χ3v) is 7.82. The zero-order valence-electron chi connectivity index (χ0n) is 18.1. The maximum absolute atomic E-state index is 13.6. The van der Waals surface area contributed by atoms with Crippen molar-refractivity contribution in [1.82, 2.24) is 4.31 Å². The van der Waals surface area contributed by atoms with Crippen LogP contribution < -0.4 is 4.90 Å². The first-order chi connectivity index (χ1) is 16.2. The number of benzene rings is 2. The average molecular weight is 540 g/mol. The fourth-order valence-corrected chi connectivity index (χ4v) is 5.66. The van der Waals surface area contributed by atoms with Crippen LogP contribution in [0.25, 0.3) is 0 Å². The Morgan fingerprint density at radius 1 is 1.11 bits per heavy atom. The van der Waals surface area contributed by atoms with E-state index >= 15 is 0 Å². The molecule has 0 saturated carbocycles. The summed E-state index contributed by atoms with van der Waals surface area (Å²) in [4.78, 5) is 1.54. The number of alkyl halides is 6.